The highest BCUT2D eigenvalue weighted by Crippen LogP contribution is 2.23. The standard InChI is InChI=1S/C16H22N2O2/c19-12-14-9-16(20)18(11-14)10-13-3-5-15(6-4-13)17-7-1-2-8-17/h3-6,14,19H,1-2,7-12H2. The van der Waals surface area contributed by atoms with E-state index in [0.717, 1.165) is 13.1 Å². The molecule has 4 heteroatoms. The van der Waals surface area contributed by atoms with E-state index in [1.165, 1.54) is 24.1 Å². The molecule has 2 heterocycles. The predicted octanol–water partition coefficient (Wildman–Crippen LogP) is 1.63. The number of rotatable bonds is 4. The van der Waals surface area contributed by atoms with E-state index in [4.69, 9.17) is 5.11 Å². The van der Waals surface area contributed by atoms with Crippen LogP contribution in [-0.4, -0.2) is 42.2 Å². The van der Waals surface area contributed by atoms with E-state index in [2.05, 4.69) is 29.2 Å². The first-order chi connectivity index (χ1) is 9.76. The van der Waals surface area contributed by atoms with E-state index in [1.54, 1.807) is 0 Å². The fourth-order valence-electron chi connectivity index (χ4n) is 3.14. The van der Waals surface area contributed by atoms with Gasteiger partial charge in [-0.15, -0.1) is 0 Å². The van der Waals surface area contributed by atoms with Gasteiger partial charge in [-0.2, -0.15) is 0 Å². The Hall–Kier alpha value is -1.55. The topological polar surface area (TPSA) is 43.8 Å². The number of hydrogen-bond donors (Lipinski definition) is 1. The maximum Gasteiger partial charge on any atom is 0.223 e. The quantitative estimate of drug-likeness (QED) is 0.907. The van der Waals surface area contributed by atoms with Crippen LogP contribution in [0.4, 0.5) is 5.69 Å². The fraction of sp³-hybridized carbons (Fsp3) is 0.562. The predicted molar refractivity (Wildman–Crippen MR) is 78.5 cm³/mol. The van der Waals surface area contributed by atoms with Gasteiger partial charge in [0.25, 0.3) is 0 Å². The average Bonchev–Trinajstić information content (AvgIpc) is 3.10. The van der Waals surface area contributed by atoms with Crippen LogP contribution in [0.2, 0.25) is 0 Å². The highest BCUT2D eigenvalue weighted by molar-refractivity contribution is 5.78. The molecule has 0 spiro atoms. The Morgan fingerprint density at radius 3 is 2.45 bits per heavy atom. The van der Waals surface area contributed by atoms with Gasteiger partial charge in [0.05, 0.1) is 0 Å². The van der Waals surface area contributed by atoms with E-state index in [1.807, 2.05) is 4.90 Å². The molecule has 0 bridgehead atoms. The molecule has 1 aromatic carbocycles. The van der Waals surface area contributed by atoms with Crippen LogP contribution in [0.15, 0.2) is 24.3 Å². The molecule has 1 N–H and O–H groups in total. The van der Waals surface area contributed by atoms with Crippen molar-refractivity contribution in [1.82, 2.24) is 4.90 Å². The van der Waals surface area contributed by atoms with Gasteiger partial charge in [-0.3, -0.25) is 4.79 Å². The van der Waals surface area contributed by atoms with E-state index in [-0.39, 0.29) is 18.4 Å². The first-order valence-corrected chi connectivity index (χ1v) is 7.49. The molecule has 1 atom stereocenters. The van der Waals surface area contributed by atoms with Gasteiger partial charge in [-0.1, -0.05) is 12.1 Å². The van der Waals surface area contributed by atoms with Crippen molar-refractivity contribution >= 4 is 11.6 Å². The van der Waals surface area contributed by atoms with Gasteiger partial charge in [0.15, 0.2) is 0 Å². The lowest BCUT2D eigenvalue weighted by Gasteiger charge is -2.19. The van der Waals surface area contributed by atoms with E-state index >= 15 is 0 Å². The molecule has 3 rings (SSSR count). The molecule has 20 heavy (non-hydrogen) atoms. The molecule has 0 aliphatic carbocycles. The Balaban J connectivity index is 1.62. The van der Waals surface area contributed by atoms with Crippen molar-refractivity contribution in [2.24, 2.45) is 5.92 Å². The van der Waals surface area contributed by atoms with Crippen LogP contribution in [0.25, 0.3) is 0 Å². The summed E-state index contributed by atoms with van der Waals surface area (Å²) in [5.74, 6) is 0.277. The zero-order valence-corrected chi connectivity index (χ0v) is 11.8. The molecule has 4 nitrogen and oxygen atoms in total. The van der Waals surface area contributed by atoms with Crippen LogP contribution in [0.5, 0.6) is 0 Å². The van der Waals surface area contributed by atoms with Crippen LogP contribution in [0, 0.1) is 5.92 Å². The van der Waals surface area contributed by atoms with Gasteiger partial charge < -0.3 is 14.9 Å². The van der Waals surface area contributed by atoms with Crippen LogP contribution in [0.3, 0.4) is 0 Å². The number of likely N-dealkylation sites (tertiary alicyclic amines) is 1. The van der Waals surface area contributed by atoms with Crippen molar-refractivity contribution in [3.05, 3.63) is 29.8 Å². The molecule has 1 aromatic rings. The highest BCUT2D eigenvalue weighted by atomic mass is 16.3. The number of amides is 1. The van der Waals surface area contributed by atoms with Crippen molar-refractivity contribution in [2.75, 3.05) is 31.1 Å². The summed E-state index contributed by atoms with van der Waals surface area (Å²) in [6, 6.07) is 8.55. The molecule has 0 aromatic heterocycles. The molecular formula is C16H22N2O2. The van der Waals surface area contributed by atoms with Crippen molar-refractivity contribution in [2.45, 2.75) is 25.8 Å². The zero-order chi connectivity index (χ0) is 13.9. The SMILES string of the molecule is O=C1CC(CO)CN1Cc1ccc(N2CCCC2)cc1. The Bertz CT molecular complexity index is 466. The van der Waals surface area contributed by atoms with E-state index in [0.29, 0.717) is 19.5 Å². The monoisotopic (exact) mass is 274 g/mol. The number of hydrogen-bond acceptors (Lipinski definition) is 3. The van der Waals surface area contributed by atoms with Crippen molar-refractivity contribution in [3.63, 3.8) is 0 Å². The first-order valence-electron chi connectivity index (χ1n) is 7.49. The van der Waals surface area contributed by atoms with Crippen LogP contribution in [-0.2, 0) is 11.3 Å². The smallest absolute Gasteiger partial charge is 0.223 e. The lowest BCUT2D eigenvalue weighted by atomic mass is 10.1. The first kappa shape index (κ1) is 13.4. The third kappa shape index (κ3) is 2.80. The molecule has 1 unspecified atom stereocenters. The van der Waals surface area contributed by atoms with Crippen molar-refractivity contribution in [1.29, 1.82) is 0 Å². The molecule has 108 valence electrons. The summed E-state index contributed by atoms with van der Waals surface area (Å²) in [5.41, 5.74) is 2.45. The second-order valence-corrected chi connectivity index (χ2v) is 5.89. The van der Waals surface area contributed by atoms with E-state index < -0.39 is 0 Å². The highest BCUT2D eigenvalue weighted by Gasteiger charge is 2.28. The number of aliphatic hydroxyl groups is 1. The minimum atomic E-state index is 0.107. The van der Waals surface area contributed by atoms with Gasteiger partial charge >= 0.3 is 0 Å². The lowest BCUT2D eigenvalue weighted by Crippen LogP contribution is -2.25. The Kier molecular flexibility index (Phi) is 3.92. The normalized spacial score (nSPS) is 22.9. The molecular weight excluding hydrogens is 252 g/mol. The Morgan fingerprint density at radius 2 is 1.85 bits per heavy atom. The summed E-state index contributed by atoms with van der Waals surface area (Å²) >= 11 is 0. The maximum absolute atomic E-state index is 11.8. The fourth-order valence-corrected chi connectivity index (χ4v) is 3.14. The second-order valence-electron chi connectivity index (χ2n) is 5.89. The van der Waals surface area contributed by atoms with Crippen LogP contribution >= 0.6 is 0 Å². The third-order valence-corrected chi connectivity index (χ3v) is 4.33. The van der Waals surface area contributed by atoms with Gasteiger partial charge in [-0.25, -0.2) is 0 Å². The van der Waals surface area contributed by atoms with Crippen LogP contribution in [0.1, 0.15) is 24.8 Å². The summed E-state index contributed by atoms with van der Waals surface area (Å²) < 4.78 is 0. The van der Waals surface area contributed by atoms with E-state index in [9.17, 15) is 4.79 Å². The molecule has 1 amide bonds. The number of benzene rings is 1. The molecule has 2 aliphatic rings. The molecule has 0 saturated carbocycles. The maximum atomic E-state index is 11.8. The molecule has 0 radical (unpaired) electrons. The summed E-state index contributed by atoms with van der Waals surface area (Å²) in [4.78, 5) is 16.1. The minimum Gasteiger partial charge on any atom is -0.396 e. The van der Waals surface area contributed by atoms with Crippen LogP contribution < -0.4 is 4.90 Å². The number of carbonyl (C=O) groups excluding carboxylic acids is 1. The molecule has 2 saturated heterocycles. The summed E-state index contributed by atoms with van der Waals surface area (Å²) in [6.45, 7) is 3.76. The largest absolute Gasteiger partial charge is 0.396 e. The average molecular weight is 274 g/mol. The Morgan fingerprint density at radius 1 is 1.15 bits per heavy atom. The summed E-state index contributed by atoms with van der Waals surface area (Å²) in [7, 11) is 0. The van der Waals surface area contributed by atoms with Gasteiger partial charge in [0.1, 0.15) is 0 Å². The van der Waals surface area contributed by atoms with Gasteiger partial charge in [0, 0.05) is 50.8 Å². The number of aliphatic hydroxyl groups excluding tert-OH is 1. The van der Waals surface area contributed by atoms with Gasteiger partial charge in [0.2, 0.25) is 5.91 Å². The summed E-state index contributed by atoms with van der Waals surface area (Å²) in [5, 5.41) is 9.14. The number of anilines is 1. The molecule has 2 aliphatic heterocycles. The number of nitrogens with zero attached hydrogens (tertiary/aromatic N) is 2. The van der Waals surface area contributed by atoms with Crippen molar-refractivity contribution < 1.29 is 9.90 Å². The minimum absolute atomic E-state index is 0.107. The Labute approximate surface area is 120 Å². The summed E-state index contributed by atoms with van der Waals surface area (Å²) in [6.07, 6.45) is 3.06. The molecule has 2 fully saturated rings. The number of carbonyl (C=O) groups is 1. The van der Waals surface area contributed by atoms with Crippen molar-refractivity contribution in [3.8, 4) is 0 Å². The zero-order valence-electron chi connectivity index (χ0n) is 11.8. The second kappa shape index (κ2) is 5.83. The third-order valence-electron chi connectivity index (χ3n) is 4.33. The lowest BCUT2D eigenvalue weighted by molar-refractivity contribution is -0.128. The van der Waals surface area contributed by atoms with Gasteiger partial charge in [-0.05, 0) is 30.5 Å².